The average molecular weight is 589 g/mol. The summed E-state index contributed by atoms with van der Waals surface area (Å²) >= 11 is 0. The van der Waals surface area contributed by atoms with E-state index >= 15 is 0 Å². The van der Waals surface area contributed by atoms with Gasteiger partial charge in [-0.2, -0.15) is 0 Å². The number of furan rings is 1. The average Bonchev–Trinajstić information content (AvgIpc) is 3.68. The van der Waals surface area contributed by atoms with Gasteiger partial charge >= 0.3 is 0 Å². The molecule has 0 bridgehead atoms. The molecular formula is C41H24N4O. The van der Waals surface area contributed by atoms with E-state index in [1.54, 1.807) is 0 Å². The maximum atomic E-state index is 7.39. The Kier molecular flexibility index (Phi) is 5.81. The lowest BCUT2D eigenvalue weighted by Crippen LogP contribution is -1.95. The fourth-order valence-corrected chi connectivity index (χ4v) is 6.55. The van der Waals surface area contributed by atoms with Gasteiger partial charge in [-0.05, 0) is 41.5 Å². The van der Waals surface area contributed by atoms with E-state index in [2.05, 4.69) is 88.3 Å². The number of benzene rings is 6. The van der Waals surface area contributed by atoms with Crippen LogP contribution in [0.3, 0.4) is 0 Å². The van der Waals surface area contributed by atoms with E-state index in [9.17, 15) is 0 Å². The fourth-order valence-electron chi connectivity index (χ4n) is 6.55. The molecule has 5 nitrogen and oxygen atoms in total. The lowest BCUT2D eigenvalue weighted by atomic mass is 10.00. The maximum absolute atomic E-state index is 7.39. The minimum Gasteiger partial charge on any atom is -0.452 e. The third-order valence-corrected chi connectivity index (χ3v) is 8.64. The molecule has 5 heteroatoms. The Hall–Kier alpha value is -6.51. The zero-order valence-electron chi connectivity index (χ0n) is 24.6. The van der Waals surface area contributed by atoms with Crippen molar-refractivity contribution in [2.75, 3.05) is 0 Å². The van der Waals surface area contributed by atoms with Crippen LogP contribution in [0.15, 0.2) is 150 Å². The smallest absolute Gasteiger partial charge is 0.187 e. The van der Waals surface area contributed by atoms with E-state index in [0.29, 0.717) is 22.8 Å². The summed E-state index contributed by atoms with van der Waals surface area (Å²) < 4.78 is 8.91. The molecule has 46 heavy (non-hydrogen) atoms. The molecule has 6 aromatic carbocycles. The van der Waals surface area contributed by atoms with Crippen molar-refractivity contribution in [3.05, 3.63) is 157 Å². The van der Waals surface area contributed by atoms with E-state index in [-0.39, 0.29) is 0 Å². The number of hydrogen-bond donors (Lipinski definition) is 0. The van der Waals surface area contributed by atoms with Gasteiger partial charge in [0, 0.05) is 27.6 Å². The lowest BCUT2D eigenvalue weighted by molar-refractivity contribution is 0.667. The normalized spacial score (nSPS) is 11.5. The third-order valence-electron chi connectivity index (χ3n) is 8.64. The highest BCUT2D eigenvalue weighted by atomic mass is 16.3. The molecule has 0 aliphatic heterocycles. The summed E-state index contributed by atoms with van der Waals surface area (Å²) in [6.07, 6.45) is 0. The standard InChI is InChI=1S/C41H24N4O/c1-42-29-23-21-26(22-24-29)38-40-39(44-41(43-38)27-11-3-2-4-12-27)37-31(17-10-20-36(37)46-40)28-13-9-14-30(25-28)45-34-18-7-5-15-32(34)33-16-6-8-19-35(33)45/h2-25H. The van der Waals surface area contributed by atoms with Crippen molar-refractivity contribution in [2.45, 2.75) is 0 Å². The molecule has 9 aromatic rings. The molecule has 0 unspecified atom stereocenters. The van der Waals surface area contributed by atoms with E-state index in [0.717, 1.165) is 44.4 Å². The Morgan fingerprint density at radius 1 is 0.587 bits per heavy atom. The zero-order valence-corrected chi connectivity index (χ0v) is 24.6. The summed E-state index contributed by atoms with van der Waals surface area (Å²) in [6, 6.07) is 49.4. The van der Waals surface area contributed by atoms with Crippen molar-refractivity contribution < 1.29 is 4.42 Å². The van der Waals surface area contributed by atoms with Gasteiger partial charge in [0.2, 0.25) is 0 Å². The second kappa shape index (κ2) is 10.3. The van der Waals surface area contributed by atoms with Gasteiger partial charge in [-0.1, -0.05) is 115 Å². The quantitative estimate of drug-likeness (QED) is 0.192. The molecule has 0 aliphatic carbocycles. The topological polar surface area (TPSA) is 48.2 Å². The Morgan fingerprint density at radius 2 is 1.26 bits per heavy atom. The van der Waals surface area contributed by atoms with Crippen molar-refractivity contribution in [1.29, 1.82) is 0 Å². The number of nitrogens with zero attached hydrogens (tertiary/aromatic N) is 4. The molecule has 0 aliphatic rings. The monoisotopic (exact) mass is 588 g/mol. The van der Waals surface area contributed by atoms with Crippen LogP contribution in [0.5, 0.6) is 0 Å². The largest absolute Gasteiger partial charge is 0.452 e. The first kappa shape index (κ1) is 25.9. The SMILES string of the molecule is [C-]#[N+]c1ccc(-c2nc(-c3ccccc3)nc3c2oc2cccc(-c4cccc(-n5c6ccccc6c6ccccc65)c4)c23)cc1. The van der Waals surface area contributed by atoms with Gasteiger partial charge in [-0.15, -0.1) is 0 Å². The molecule has 3 heterocycles. The minimum absolute atomic E-state index is 0.576. The summed E-state index contributed by atoms with van der Waals surface area (Å²) in [5.74, 6) is 0.619. The number of para-hydroxylation sites is 2. The summed E-state index contributed by atoms with van der Waals surface area (Å²) in [5, 5.41) is 3.40. The molecule has 0 fully saturated rings. The van der Waals surface area contributed by atoms with Gasteiger partial charge in [-0.3, -0.25) is 0 Å². The van der Waals surface area contributed by atoms with Crippen LogP contribution in [0, 0.1) is 6.57 Å². The van der Waals surface area contributed by atoms with Crippen LogP contribution in [0.2, 0.25) is 0 Å². The fraction of sp³-hybridized carbons (Fsp3) is 0. The maximum Gasteiger partial charge on any atom is 0.187 e. The Labute approximate surface area is 264 Å². The van der Waals surface area contributed by atoms with Gasteiger partial charge < -0.3 is 8.98 Å². The molecule has 3 aromatic heterocycles. The molecule has 214 valence electrons. The van der Waals surface area contributed by atoms with Crippen molar-refractivity contribution in [2.24, 2.45) is 0 Å². The van der Waals surface area contributed by atoms with Crippen molar-refractivity contribution in [3.63, 3.8) is 0 Å². The molecular weight excluding hydrogens is 564 g/mol. The summed E-state index contributed by atoms with van der Waals surface area (Å²) in [5.41, 5.74) is 10.7. The second-order valence-electron chi connectivity index (χ2n) is 11.3. The van der Waals surface area contributed by atoms with E-state index in [4.69, 9.17) is 21.0 Å². The van der Waals surface area contributed by atoms with E-state index in [1.807, 2.05) is 66.7 Å². The van der Waals surface area contributed by atoms with Gasteiger partial charge in [0.05, 0.1) is 23.0 Å². The predicted octanol–water partition coefficient (Wildman–Crippen LogP) is 11.0. The molecule has 0 amide bonds. The van der Waals surface area contributed by atoms with Gasteiger partial charge in [0.25, 0.3) is 0 Å². The number of fused-ring (bicyclic) bond motifs is 6. The predicted molar refractivity (Wildman–Crippen MR) is 186 cm³/mol. The van der Waals surface area contributed by atoms with Crippen LogP contribution < -0.4 is 0 Å². The van der Waals surface area contributed by atoms with Crippen LogP contribution in [-0.2, 0) is 0 Å². The van der Waals surface area contributed by atoms with Crippen molar-refractivity contribution >= 4 is 49.6 Å². The number of rotatable bonds is 4. The lowest BCUT2D eigenvalue weighted by Gasteiger charge is -2.11. The Morgan fingerprint density at radius 3 is 2.00 bits per heavy atom. The molecule has 0 atom stereocenters. The van der Waals surface area contributed by atoms with Crippen molar-refractivity contribution in [1.82, 2.24) is 14.5 Å². The van der Waals surface area contributed by atoms with E-state index in [1.165, 1.54) is 21.8 Å². The summed E-state index contributed by atoms with van der Waals surface area (Å²) in [4.78, 5) is 13.7. The highest BCUT2D eigenvalue weighted by Gasteiger charge is 2.21. The number of aromatic nitrogens is 3. The Balaban J connectivity index is 1.30. The first-order chi connectivity index (χ1) is 22.8. The van der Waals surface area contributed by atoms with Crippen molar-refractivity contribution in [3.8, 4) is 39.5 Å². The first-order valence-corrected chi connectivity index (χ1v) is 15.1. The van der Waals surface area contributed by atoms with Crippen LogP contribution in [0.1, 0.15) is 0 Å². The second-order valence-corrected chi connectivity index (χ2v) is 11.3. The molecule has 0 saturated carbocycles. The zero-order chi connectivity index (χ0) is 30.6. The number of hydrogen-bond acceptors (Lipinski definition) is 3. The van der Waals surface area contributed by atoms with Crippen LogP contribution in [-0.4, -0.2) is 14.5 Å². The highest BCUT2D eigenvalue weighted by molar-refractivity contribution is 6.14. The molecule has 0 radical (unpaired) electrons. The highest BCUT2D eigenvalue weighted by Crippen LogP contribution is 2.41. The molecule has 0 saturated heterocycles. The molecule has 9 rings (SSSR count). The Bertz CT molecular complexity index is 2590. The van der Waals surface area contributed by atoms with Crippen LogP contribution in [0.25, 0.3) is 88.2 Å². The van der Waals surface area contributed by atoms with Crippen LogP contribution in [0.4, 0.5) is 5.69 Å². The molecule has 0 spiro atoms. The van der Waals surface area contributed by atoms with Gasteiger partial charge in [0.1, 0.15) is 16.8 Å². The third kappa shape index (κ3) is 4.02. The van der Waals surface area contributed by atoms with Gasteiger partial charge in [-0.25, -0.2) is 14.8 Å². The summed E-state index contributed by atoms with van der Waals surface area (Å²) in [7, 11) is 0. The van der Waals surface area contributed by atoms with Crippen LogP contribution >= 0.6 is 0 Å². The minimum atomic E-state index is 0.576. The van der Waals surface area contributed by atoms with Gasteiger partial charge in [0.15, 0.2) is 17.1 Å². The summed E-state index contributed by atoms with van der Waals surface area (Å²) in [6.45, 7) is 7.39. The molecule has 0 N–H and O–H groups in total. The first-order valence-electron chi connectivity index (χ1n) is 15.1. The van der Waals surface area contributed by atoms with E-state index < -0.39 is 0 Å².